The molecule has 9 rings (SSSR count). The number of benzene rings is 7. The average Bonchev–Trinajstić information content (AvgIpc) is 3.52. The Hall–Kier alpha value is -6.65. The van der Waals surface area contributed by atoms with Crippen LogP contribution < -0.4 is 0 Å². The summed E-state index contributed by atoms with van der Waals surface area (Å²) < 4.78 is 2.34. The molecule has 0 bridgehead atoms. The van der Waals surface area contributed by atoms with Gasteiger partial charge < -0.3 is 4.57 Å². The number of para-hydroxylation sites is 1. The van der Waals surface area contributed by atoms with Gasteiger partial charge in [0.2, 0.25) is 0 Å². The highest BCUT2D eigenvalue weighted by Crippen LogP contribution is 2.37. The third kappa shape index (κ3) is 5.35. The molecular formula is C45H30N4. The van der Waals surface area contributed by atoms with E-state index in [4.69, 9.17) is 15.0 Å². The van der Waals surface area contributed by atoms with Crippen LogP contribution in [0, 0.1) is 0 Å². The molecule has 0 unspecified atom stereocenters. The molecule has 2 aromatic heterocycles. The van der Waals surface area contributed by atoms with E-state index in [-0.39, 0.29) is 0 Å². The van der Waals surface area contributed by atoms with Crippen molar-refractivity contribution >= 4 is 21.8 Å². The first-order chi connectivity index (χ1) is 24.3. The molecule has 4 heteroatoms. The Morgan fingerprint density at radius 2 is 0.755 bits per heavy atom. The number of hydrogen-bond donors (Lipinski definition) is 0. The van der Waals surface area contributed by atoms with Gasteiger partial charge in [-0.05, 0) is 58.7 Å². The quantitative estimate of drug-likeness (QED) is 0.184. The summed E-state index contributed by atoms with van der Waals surface area (Å²) in [5, 5.41) is 2.37. The second-order valence-electron chi connectivity index (χ2n) is 12.1. The second-order valence-corrected chi connectivity index (χ2v) is 12.1. The molecular weight excluding hydrogens is 597 g/mol. The molecule has 0 amide bonds. The smallest absolute Gasteiger partial charge is 0.164 e. The molecule has 0 aliphatic heterocycles. The molecule has 0 spiro atoms. The van der Waals surface area contributed by atoms with Crippen LogP contribution in [0.4, 0.5) is 0 Å². The molecule has 0 fully saturated rings. The van der Waals surface area contributed by atoms with Gasteiger partial charge in [-0.1, -0.05) is 146 Å². The lowest BCUT2D eigenvalue weighted by Crippen LogP contribution is -2.00. The molecule has 230 valence electrons. The van der Waals surface area contributed by atoms with Gasteiger partial charge in [-0.3, -0.25) is 0 Å². The lowest BCUT2D eigenvalue weighted by Gasteiger charge is -2.11. The minimum Gasteiger partial charge on any atom is -0.309 e. The summed E-state index contributed by atoms with van der Waals surface area (Å²) in [6, 6.07) is 63.4. The van der Waals surface area contributed by atoms with Crippen molar-refractivity contribution in [3.05, 3.63) is 182 Å². The van der Waals surface area contributed by atoms with Gasteiger partial charge >= 0.3 is 0 Å². The van der Waals surface area contributed by atoms with Crippen molar-refractivity contribution in [1.82, 2.24) is 19.5 Å². The van der Waals surface area contributed by atoms with Crippen molar-refractivity contribution in [2.75, 3.05) is 0 Å². The van der Waals surface area contributed by atoms with Crippen molar-refractivity contribution in [2.45, 2.75) is 0 Å². The fraction of sp³-hybridized carbons (Fsp3) is 0. The zero-order chi connectivity index (χ0) is 32.6. The maximum Gasteiger partial charge on any atom is 0.164 e. The lowest BCUT2D eigenvalue weighted by atomic mass is 10.0. The fourth-order valence-electron chi connectivity index (χ4n) is 6.64. The Morgan fingerprint density at radius 3 is 1.39 bits per heavy atom. The van der Waals surface area contributed by atoms with Crippen LogP contribution in [0.5, 0.6) is 0 Å². The van der Waals surface area contributed by atoms with E-state index in [2.05, 4.69) is 150 Å². The molecule has 0 N–H and O–H groups in total. The van der Waals surface area contributed by atoms with Gasteiger partial charge in [-0.25, -0.2) is 15.0 Å². The van der Waals surface area contributed by atoms with Crippen LogP contribution in [0.15, 0.2) is 182 Å². The second kappa shape index (κ2) is 12.2. The van der Waals surface area contributed by atoms with Crippen LogP contribution >= 0.6 is 0 Å². The monoisotopic (exact) mass is 626 g/mol. The van der Waals surface area contributed by atoms with Gasteiger partial charge in [-0.15, -0.1) is 0 Å². The van der Waals surface area contributed by atoms with Crippen LogP contribution in [0.3, 0.4) is 0 Å². The summed E-state index contributed by atoms with van der Waals surface area (Å²) in [6.45, 7) is 0. The van der Waals surface area contributed by atoms with E-state index in [1.54, 1.807) is 0 Å². The molecule has 4 nitrogen and oxygen atoms in total. The molecule has 0 aliphatic carbocycles. The third-order valence-corrected chi connectivity index (χ3v) is 9.04. The lowest BCUT2D eigenvalue weighted by molar-refractivity contribution is 1.07. The molecule has 0 radical (unpaired) electrons. The van der Waals surface area contributed by atoms with Gasteiger partial charge in [0.1, 0.15) is 0 Å². The normalized spacial score (nSPS) is 11.3. The predicted octanol–water partition coefficient (Wildman–Crippen LogP) is 11.3. The molecule has 9 aromatic rings. The molecule has 0 saturated carbocycles. The number of rotatable bonds is 6. The van der Waals surface area contributed by atoms with E-state index in [9.17, 15) is 0 Å². The van der Waals surface area contributed by atoms with Gasteiger partial charge in [0.25, 0.3) is 0 Å². The highest BCUT2D eigenvalue weighted by Gasteiger charge is 2.17. The van der Waals surface area contributed by atoms with Crippen LogP contribution in [0.2, 0.25) is 0 Å². The van der Waals surface area contributed by atoms with E-state index in [0.717, 1.165) is 44.5 Å². The van der Waals surface area contributed by atoms with Crippen molar-refractivity contribution in [2.24, 2.45) is 0 Å². The molecule has 0 saturated heterocycles. The van der Waals surface area contributed by atoms with Crippen molar-refractivity contribution < 1.29 is 0 Å². The SMILES string of the molecule is c1ccc(-c2cccc(-c3nc(-c4ccccc4)nc(-c4ccc5c6cc(-c7ccccc7)ccc6n(-c6ccccc6)c5c4)n3)c2)cc1. The number of hydrogen-bond acceptors (Lipinski definition) is 3. The fourth-order valence-corrected chi connectivity index (χ4v) is 6.64. The Bertz CT molecular complexity index is 2580. The number of fused-ring (bicyclic) bond motifs is 3. The highest BCUT2D eigenvalue weighted by atomic mass is 15.0. The summed E-state index contributed by atoms with van der Waals surface area (Å²) in [7, 11) is 0. The predicted molar refractivity (Wildman–Crippen MR) is 201 cm³/mol. The zero-order valence-corrected chi connectivity index (χ0v) is 26.6. The van der Waals surface area contributed by atoms with E-state index in [0.29, 0.717) is 17.5 Å². The average molecular weight is 627 g/mol. The van der Waals surface area contributed by atoms with Gasteiger partial charge in [0.05, 0.1) is 11.0 Å². The van der Waals surface area contributed by atoms with Gasteiger partial charge in [-0.2, -0.15) is 0 Å². The van der Waals surface area contributed by atoms with Gasteiger partial charge in [0, 0.05) is 33.2 Å². The Kier molecular flexibility index (Phi) is 7.10. The first-order valence-corrected chi connectivity index (χ1v) is 16.5. The van der Waals surface area contributed by atoms with Crippen LogP contribution in [0.1, 0.15) is 0 Å². The molecule has 0 aliphatic rings. The standard InChI is InChI=1S/C45H30N4/c1-5-14-31(15-6-1)34-20-13-21-36(28-34)44-46-43(33-18-9-3-10-19-33)47-45(48-44)37-24-26-39-40-29-35(32-16-7-2-8-17-32)25-27-41(40)49(42(39)30-37)38-22-11-4-12-23-38/h1-30H. The summed E-state index contributed by atoms with van der Waals surface area (Å²) in [6.07, 6.45) is 0. The molecule has 49 heavy (non-hydrogen) atoms. The highest BCUT2D eigenvalue weighted by molar-refractivity contribution is 6.11. The topological polar surface area (TPSA) is 43.6 Å². The third-order valence-electron chi connectivity index (χ3n) is 9.04. The minimum atomic E-state index is 0.630. The Morgan fingerprint density at radius 1 is 0.286 bits per heavy atom. The van der Waals surface area contributed by atoms with Crippen LogP contribution in [-0.2, 0) is 0 Å². The molecule has 0 atom stereocenters. The van der Waals surface area contributed by atoms with Crippen LogP contribution in [0.25, 0.3) is 83.9 Å². The molecule has 2 heterocycles. The zero-order valence-electron chi connectivity index (χ0n) is 26.6. The van der Waals surface area contributed by atoms with E-state index in [1.807, 2.05) is 36.4 Å². The van der Waals surface area contributed by atoms with Crippen molar-refractivity contribution in [3.63, 3.8) is 0 Å². The Labute approximate surface area is 284 Å². The first-order valence-electron chi connectivity index (χ1n) is 16.5. The summed E-state index contributed by atoms with van der Waals surface area (Å²) in [4.78, 5) is 15.2. The van der Waals surface area contributed by atoms with Crippen molar-refractivity contribution in [1.29, 1.82) is 0 Å². The maximum absolute atomic E-state index is 5.12. The van der Waals surface area contributed by atoms with Crippen molar-refractivity contribution in [3.8, 4) is 62.1 Å². The Balaban J connectivity index is 1.25. The minimum absolute atomic E-state index is 0.630. The number of nitrogens with zero attached hydrogens (tertiary/aromatic N) is 4. The maximum atomic E-state index is 5.12. The number of aromatic nitrogens is 4. The summed E-state index contributed by atoms with van der Waals surface area (Å²) in [5.74, 6) is 1.91. The largest absolute Gasteiger partial charge is 0.309 e. The van der Waals surface area contributed by atoms with E-state index >= 15 is 0 Å². The van der Waals surface area contributed by atoms with E-state index < -0.39 is 0 Å². The van der Waals surface area contributed by atoms with Crippen LogP contribution in [-0.4, -0.2) is 19.5 Å². The summed E-state index contributed by atoms with van der Waals surface area (Å²) >= 11 is 0. The van der Waals surface area contributed by atoms with E-state index in [1.165, 1.54) is 21.9 Å². The summed E-state index contributed by atoms with van der Waals surface area (Å²) in [5.41, 5.74) is 10.8. The van der Waals surface area contributed by atoms with Gasteiger partial charge in [0.15, 0.2) is 17.5 Å². The molecule has 7 aromatic carbocycles. The first kappa shape index (κ1) is 28.6.